The molecule has 0 atom stereocenters. The highest BCUT2D eigenvalue weighted by Crippen LogP contribution is 2.10. The molecule has 23 heavy (non-hydrogen) atoms. The average Bonchev–Trinajstić information content (AvgIpc) is 2.98. The van der Waals surface area contributed by atoms with E-state index in [-0.39, 0.29) is 12.5 Å². The third kappa shape index (κ3) is 4.99. The molecule has 120 valence electrons. The highest BCUT2D eigenvalue weighted by Gasteiger charge is 2.07. The average molecular weight is 315 g/mol. The van der Waals surface area contributed by atoms with Gasteiger partial charge >= 0.3 is 0 Å². The van der Waals surface area contributed by atoms with Crippen LogP contribution in [-0.2, 0) is 4.79 Å². The lowest BCUT2D eigenvalue weighted by Gasteiger charge is -2.05. The molecule has 0 aliphatic rings. The highest BCUT2D eigenvalue weighted by molar-refractivity contribution is 5.96. The summed E-state index contributed by atoms with van der Waals surface area (Å²) in [4.78, 5) is 23.4. The van der Waals surface area contributed by atoms with Crippen molar-refractivity contribution in [2.24, 2.45) is 5.10 Å². The maximum atomic E-state index is 11.9. The third-order valence-corrected chi connectivity index (χ3v) is 2.90. The lowest BCUT2D eigenvalue weighted by Crippen LogP contribution is -2.34. The maximum Gasteiger partial charge on any atom is 0.259 e. The number of hydrazone groups is 1. The SMILES string of the molecule is COc1ccc(C(=O)NCC(=O)N/N=C\c2ccc(C)o2)cc1. The fourth-order valence-corrected chi connectivity index (χ4v) is 1.74. The summed E-state index contributed by atoms with van der Waals surface area (Å²) in [6.45, 7) is 1.63. The Hall–Kier alpha value is -3.09. The Morgan fingerprint density at radius 3 is 2.57 bits per heavy atom. The fourth-order valence-electron chi connectivity index (χ4n) is 1.74. The number of ether oxygens (including phenoxy) is 1. The van der Waals surface area contributed by atoms with Gasteiger partial charge in [0.25, 0.3) is 11.8 Å². The van der Waals surface area contributed by atoms with E-state index in [2.05, 4.69) is 15.8 Å². The van der Waals surface area contributed by atoms with Crippen LogP contribution in [0, 0.1) is 6.92 Å². The van der Waals surface area contributed by atoms with E-state index >= 15 is 0 Å². The van der Waals surface area contributed by atoms with Gasteiger partial charge in [0.1, 0.15) is 17.3 Å². The second-order valence-electron chi connectivity index (χ2n) is 4.65. The zero-order valence-electron chi connectivity index (χ0n) is 12.8. The van der Waals surface area contributed by atoms with E-state index in [4.69, 9.17) is 9.15 Å². The normalized spacial score (nSPS) is 10.5. The van der Waals surface area contributed by atoms with Crippen LogP contribution >= 0.6 is 0 Å². The number of nitrogens with one attached hydrogen (secondary N) is 2. The first-order chi connectivity index (χ1) is 11.1. The molecule has 0 aliphatic heterocycles. The summed E-state index contributed by atoms with van der Waals surface area (Å²) >= 11 is 0. The molecule has 2 amide bonds. The molecule has 2 rings (SSSR count). The van der Waals surface area contributed by atoms with E-state index in [1.807, 2.05) is 6.92 Å². The number of aryl methyl sites for hydroxylation is 1. The second-order valence-corrected chi connectivity index (χ2v) is 4.65. The summed E-state index contributed by atoms with van der Waals surface area (Å²) in [5.74, 6) is 1.15. The molecular formula is C16H17N3O4. The number of nitrogens with zero attached hydrogens (tertiary/aromatic N) is 1. The van der Waals surface area contributed by atoms with Crippen LogP contribution in [0.2, 0.25) is 0 Å². The largest absolute Gasteiger partial charge is 0.497 e. The summed E-state index contributed by atoms with van der Waals surface area (Å²) in [5.41, 5.74) is 2.74. The predicted octanol–water partition coefficient (Wildman–Crippen LogP) is 1.48. The molecule has 7 nitrogen and oxygen atoms in total. The van der Waals surface area contributed by atoms with Gasteiger partial charge in [-0.3, -0.25) is 9.59 Å². The molecule has 0 spiro atoms. The van der Waals surface area contributed by atoms with Crippen LogP contribution in [0.1, 0.15) is 21.9 Å². The van der Waals surface area contributed by atoms with Crippen LogP contribution in [0.25, 0.3) is 0 Å². The van der Waals surface area contributed by atoms with Crippen LogP contribution in [0.4, 0.5) is 0 Å². The molecule has 0 aliphatic carbocycles. The summed E-state index contributed by atoms with van der Waals surface area (Å²) in [6, 6.07) is 10.1. The van der Waals surface area contributed by atoms with Crippen molar-refractivity contribution in [3.63, 3.8) is 0 Å². The Kier molecular flexibility index (Phi) is 5.51. The maximum absolute atomic E-state index is 11.9. The van der Waals surface area contributed by atoms with Crippen molar-refractivity contribution in [3.8, 4) is 5.75 Å². The first-order valence-corrected chi connectivity index (χ1v) is 6.89. The van der Waals surface area contributed by atoms with Crippen molar-refractivity contribution in [2.75, 3.05) is 13.7 Å². The minimum atomic E-state index is -0.439. The zero-order chi connectivity index (χ0) is 16.7. The summed E-state index contributed by atoms with van der Waals surface area (Å²) in [6.07, 6.45) is 1.39. The molecular weight excluding hydrogens is 298 g/mol. The van der Waals surface area contributed by atoms with Gasteiger partial charge in [-0.05, 0) is 43.3 Å². The van der Waals surface area contributed by atoms with Crippen molar-refractivity contribution in [1.82, 2.24) is 10.7 Å². The van der Waals surface area contributed by atoms with Crippen molar-refractivity contribution < 1.29 is 18.7 Å². The molecule has 7 heteroatoms. The third-order valence-electron chi connectivity index (χ3n) is 2.90. The zero-order valence-corrected chi connectivity index (χ0v) is 12.8. The lowest BCUT2D eigenvalue weighted by atomic mass is 10.2. The van der Waals surface area contributed by atoms with E-state index < -0.39 is 5.91 Å². The van der Waals surface area contributed by atoms with Gasteiger partial charge in [-0.15, -0.1) is 0 Å². The fraction of sp³-hybridized carbons (Fsp3) is 0.188. The van der Waals surface area contributed by atoms with Crippen LogP contribution in [0.5, 0.6) is 5.75 Å². The van der Waals surface area contributed by atoms with Gasteiger partial charge < -0.3 is 14.5 Å². The van der Waals surface area contributed by atoms with Gasteiger partial charge in [0.2, 0.25) is 0 Å². The van der Waals surface area contributed by atoms with Crippen molar-refractivity contribution in [3.05, 3.63) is 53.5 Å². The first kappa shape index (κ1) is 16.3. The van der Waals surface area contributed by atoms with Crippen LogP contribution in [-0.4, -0.2) is 31.7 Å². The number of amides is 2. The van der Waals surface area contributed by atoms with Crippen LogP contribution in [0.3, 0.4) is 0 Å². The summed E-state index contributed by atoms with van der Waals surface area (Å²) in [5, 5.41) is 6.24. The monoisotopic (exact) mass is 315 g/mol. The Morgan fingerprint density at radius 1 is 1.22 bits per heavy atom. The summed E-state index contributed by atoms with van der Waals surface area (Å²) < 4.78 is 10.3. The number of carbonyl (C=O) groups excluding carboxylic acids is 2. The van der Waals surface area contributed by atoms with Crippen LogP contribution < -0.4 is 15.5 Å². The van der Waals surface area contributed by atoms with Gasteiger partial charge in [-0.25, -0.2) is 5.43 Å². The Balaban J connectivity index is 1.76. The topological polar surface area (TPSA) is 92.9 Å². The number of hydrogen-bond acceptors (Lipinski definition) is 5. The molecule has 1 aromatic carbocycles. The standard InChI is InChI=1S/C16H17N3O4/c1-11-3-6-14(23-11)9-18-19-15(20)10-17-16(21)12-4-7-13(22-2)8-5-12/h3-9H,10H2,1-2H3,(H,17,21)(H,19,20)/b18-9-. The number of benzene rings is 1. The van der Waals surface area contributed by atoms with Gasteiger partial charge in [-0.2, -0.15) is 5.10 Å². The molecule has 0 bridgehead atoms. The molecule has 2 aromatic rings. The van der Waals surface area contributed by atoms with E-state index in [1.54, 1.807) is 43.5 Å². The minimum Gasteiger partial charge on any atom is -0.497 e. The first-order valence-electron chi connectivity index (χ1n) is 6.89. The van der Waals surface area contributed by atoms with Gasteiger partial charge in [0.05, 0.1) is 19.9 Å². The van der Waals surface area contributed by atoms with Crippen molar-refractivity contribution >= 4 is 18.0 Å². The highest BCUT2D eigenvalue weighted by atomic mass is 16.5. The number of carbonyl (C=O) groups is 2. The van der Waals surface area contributed by atoms with E-state index in [0.717, 1.165) is 5.76 Å². The van der Waals surface area contributed by atoms with E-state index in [9.17, 15) is 9.59 Å². The van der Waals surface area contributed by atoms with Crippen LogP contribution in [0.15, 0.2) is 45.9 Å². The van der Waals surface area contributed by atoms with Crippen molar-refractivity contribution in [2.45, 2.75) is 6.92 Å². The Labute approximate surface area is 133 Å². The molecule has 0 saturated carbocycles. The molecule has 1 aromatic heterocycles. The van der Waals surface area contributed by atoms with E-state index in [0.29, 0.717) is 17.1 Å². The van der Waals surface area contributed by atoms with Gasteiger partial charge in [0, 0.05) is 5.56 Å². The van der Waals surface area contributed by atoms with E-state index in [1.165, 1.54) is 6.21 Å². The molecule has 0 radical (unpaired) electrons. The molecule has 0 fully saturated rings. The molecule has 0 unspecified atom stereocenters. The number of hydrogen-bond donors (Lipinski definition) is 2. The number of furan rings is 1. The number of methoxy groups -OCH3 is 1. The van der Waals surface area contributed by atoms with Gasteiger partial charge in [-0.1, -0.05) is 0 Å². The Morgan fingerprint density at radius 2 is 1.96 bits per heavy atom. The minimum absolute atomic E-state index is 0.181. The lowest BCUT2D eigenvalue weighted by molar-refractivity contribution is -0.120. The van der Waals surface area contributed by atoms with Crippen molar-refractivity contribution in [1.29, 1.82) is 0 Å². The Bertz CT molecular complexity index is 704. The predicted molar refractivity (Wildman–Crippen MR) is 84.5 cm³/mol. The second kappa shape index (κ2) is 7.79. The summed E-state index contributed by atoms with van der Waals surface area (Å²) in [7, 11) is 1.55. The molecule has 1 heterocycles. The quantitative estimate of drug-likeness (QED) is 0.624. The van der Waals surface area contributed by atoms with Gasteiger partial charge in [0.15, 0.2) is 0 Å². The molecule has 0 saturated heterocycles. The molecule has 2 N–H and O–H groups in total. The smallest absolute Gasteiger partial charge is 0.259 e. The number of rotatable bonds is 6.